The average Bonchev–Trinajstić information content (AvgIpc) is 2.47. The first-order valence-corrected chi connectivity index (χ1v) is 8.76. The van der Waals surface area contributed by atoms with Gasteiger partial charge in [0.2, 0.25) is 0 Å². The Hall–Kier alpha value is -0.120. The van der Waals surface area contributed by atoms with Crippen molar-refractivity contribution in [2.45, 2.75) is 64.5 Å². The van der Waals surface area contributed by atoms with E-state index >= 15 is 0 Å². The monoisotopic (exact) mass is 280 g/mol. The van der Waals surface area contributed by atoms with Gasteiger partial charge in [-0.3, -0.25) is 9.80 Å². The molecule has 2 unspecified atom stereocenters. The number of fused-ring (bicyclic) bond motifs is 1. The van der Waals surface area contributed by atoms with Crippen molar-refractivity contribution >= 4 is 0 Å². The van der Waals surface area contributed by atoms with Crippen LogP contribution in [0.3, 0.4) is 0 Å². The normalized spacial score (nSPS) is 35.7. The standard InChI is InChI=1S/C17H32N2O/c1-3-15-12-18-9-5-4-6-16(18)13-19(15)14-17(2)7-10-20-11-8-17/h15-16H,3-14H2,1-2H3. The first kappa shape index (κ1) is 14.8. The molecule has 0 bridgehead atoms. The summed E-state index contributed by atoms with van der Waals surface area (Å²) in [5.74, 6) is 0. The summed E-state index contributed by atoms with van der Waals surface area (Å²) in [4.78, 5) is 5.61. The molecule has 0 aliphatic carbocycles. The molecule has 3 nitrogen and oxygen atoms in total. The Bertz CT molecular complexity index is 314. The van der Waals surface area contributed by atoms with E-state index in [0.29, 0.717) is 5.41 Å². The molecule has 0 spiro atoms. The summed E-state index contributed by atoms with van der Waals surface area (Å²) in [6.07, 6.45) is 8.07. The van der Waals surface area contributed by atoms with E-state index in [-0.39, 0.29) is 0 Å². The molecule has 0 saturated carbocycles. The highest BCUT2D eigenvalue weighted by molar-refractivity contribution is 4.93. The van der Waals surface area contributed by atoms with E-state index in [1.807, 2.05) is 0 Å². The van der Waals surface area contributed by atoms with Gasteiger partial charge < -0.3 is 4.74 Å². The van der Waals surface area contributed by atoms with Crippen LogP contribution < -0.4 is 0 Å². The Morgan fingerprint density at radius 2 is 1.95 bits per heavy atom. The second-order valence-electron chi connectivity index (χ2n) is 7.56. The van der Waals surface area contributed by atoms with Gasteiger partial charge in [-0.2, -0.15) is 0 Å². The molecule has 3 rings (SSSR count). The molecule has 0 aromatic carbocycles. The molecule has 3 aliphatic rings. The lowest BCUT2D eigenvalue weighted by Gasteiger charge is -2.51. The minimum Gasteiger partial charge on any atom is -0.381 e. The van der Waals surface area contributed by atoms with Crippen molar-refractivity contribution in [2.24, 2.45) is 5.41 Å². The summed E-state index contributed by atoms with van der Waals surface area (Å²) in [5, 5.41) is 0. The lowest BCUT2D eigenvalue weighted by atomic mass is 9.81. The van der Waals surface area contributed by atoms with Crippen molar-refractivity contribution in [1.29, 1.82) is 0 Å². The number of nitrogens with zero attached hydrogens (tertiary/aromatic N) is 2. The maximum absolute atomic E-state index is 5.57. The summed E-state index contributed by atoms with van der Waals surface area (Å²) in [6.45, 7) is 12.1. The van der Waals surface area contributed by atoms with Gasteiger partial charge in [0.25, 0.3) is 0 Å². The number of rotatable bonds is 3. The minimum absolute atomic E-state index is 0.489. The van der Waals surface area contributed by atoms with Crippen LogP contribution in [-0.4, -0.2) is 61.3 Å². The zero-order valence-electron chi connectivity index (χ0n) is 13.4. The smallest absolute Gasteiger partial charge is 0.0471 e. The van der Waals surface area contributed by atoms with E-state index in [9.17, 15) is 0 Å². The molecule has 3 saturated heterocycles. The Morgan fingerprint density at radius 3 is 2.70 bits per heavy atom. The molecule has 0 aromatic rings. The predicted octanol–water partition coefficient (Wildman–Crippen LogP) is 2.75. The highest BCUT2D eigenvalue weighted by atomic mass is 16.5. The summed E-state index contributed by atoms with van der Waals surface area (Å²) in [6, 6.07) is 1.62. The molecule has 116 valence electrons. The third-order valence-electron chi connectivity index (χ3n) is 5.91. The largest absolute Gasteiger partial charge is 0.381 e. The zero-order chi connectivity index (χ0) is 14.0. The van der Waals surface area contributed by atoms with Crippen LogP contribution in [0.1, 0.15) is 52.4 Å². The molecule has 0 aromatic heterocycles. The van der Waals surface area contributed by atoms with Gasteiger partial charge in [0.05, 0.1) is 0 Å². The van der Waals surface area contributed by atoms with Crippen molar-refractivity contribution in [2.75, 3.05) is 39.4 Å². The molecule has 3 fully saturated rings. The SMILES string of the molecule is CCC1CN2CCCCC2CN1CC1(C)CCOCC1. The molecule has 0 N–H and O–H groups in total. The zero-order valence-corrected chi connectivity index (χ0v) is 13.4. The van der Waals surface area contributed by atoms with Gasteiger partial charge >= 0.3 is 0 Å². The number of piperazine rings is 1. The molecule has 3 aliphatic heterocycles. The number of piperidine rings is 1. The Balaban J connectivity index is 1.64. The second-order valence-corrected chi connectivity index (χ2v) is 7.56. The topological polar surface area (TPSA) is 15.7 Å². The van der Waals surface area contributed by atoms with Crippen molar-refractivity contribution in [1.82, 2.24) is 9.80 Å². The Morgan fingerprint density at radius 1 is 1.15 bits per heavy atom. The maximum atomic E-state index is 5.57. The van der Waals surface area contributed by atoms with Crippen molar-refractivity contribution in [3.05, 3.63) is 0 Å². The number of ether oxygens (including phenoxy) is 1. The summed E-state index contributed by atoms with van der Waals surface area (Å²) < 4.78 is 5.57. The molecule has 0 radical (unpaired) electrons. The molecular weight excluding hydrogens is 248 g/mol. The molecule has 3 heteroatoms. The third-order valence-corrected chi connectivity index (χ3v) is 5.91. The van der Waals surface area contributed by atoms with Gasteiger partial charge in [-0.25, -0.2) is 0 Å². The van der Waals surface area contributed by atoms with Crippen LogP contribution in [0, 0.1) is 5.41 Å². The number of hydrogen-bond acceptors (Lipinski definition) is 3. The van der Waals surface area contributed by atoms with Crippen LogP contribution in [0.15, 0.2) is 0 Å². The molecule has 0 amide bonds. The molecule has 2 atom stereocenters. The molecule has 20 heavy (non-hydrogen) atoms. The molecule has 3 heterocycles. The Kier molecular flexibility index (Phi) is 4.68. The first-order valence-electron chi connectivity index (χ1n) is 8.76. The van der Waals surface area contributed by atoms with Crippen LogP contribution >= 0.6 is 0 Å². The van der Waals surface area contributed by atoms with Crippen LogP contribution in [0.4, 0.5) is 0 Å². The van der Waals surface area contributed by atoms with Crippen LogP contribution in [-0.2, 0) is 4.74 Å². The van der Waals surface area contributed by atoms with Gasteiger partial charge in [-0.05, 0) is 44.1 Å². The molecular formula is C17H32N2O. The maximum Gasteiger partial charge on any atom is 0.0471 e. The minimum atomic E-state index is 0.489. The lowest BCUT2D eigenvalue weighted by Crippen LogP contribution is -2.61. The van der Waals surface area contributed by atoms with Crippen molar-refractivity contribution in [3.8, 4) is 0 Å². The fraction of sp³-hybridized carbons (Fsp3) is 1.00. The van der Waals surface area contributed by atoms with Crippen LogP contribution in [0.2, 0.25) is 0 Å². The quantitative estimate of drug-likeness (QED) is 0.790. The van der Waals surface area contributed by atoms with Crippen molar-refractivity contribution in [3.63, 3.8) is 0 Å². The Labute approximate surface area is 124 Å². The van der Waals surface area contributed by atoms with Gasteiger partial charge in [0, 0.05) is 44.9 Å². The fourth-order valence-corrected chi connectivity index (χ4v) is 4.41. The third kappa shape index (κ3) is 3.20. The van der Waals surface area contributed by atoms with Gasteiger partial charge in [0.15, 0.2) is 0 Å². The van der Waals surface area contributed by atoms with Crippen LogP contribution in [0.25, 0.3) is 0 Å². The summed E-state index contributed by atoms with van der Waals surface area (Å²) in [5.41, 5.74) is 0.489. The van der Waals surface area contributed by atoms with E-state index in [1.54, 1.807) is 0 Å². The highest BCUT2D eigenvalue weighted by Crippen LogP contribution is 2.34. The van der Waals surface area contributed by atoms with Crippen molar-refractivity contribution < 1.29 is 4.74 Å². The van der Waals surface area contributed by atoms with E-state index in [2.05, 4.69) is 23.6 Å². The van der Waals surface area contributed by atoms with Gasteiger partial charge in [-0.15, -0.1) is 0 Å². The summed E-state index contributed by atoms with van der Waals surface area (Å²) >= 11 is 0. The lowest BCUT2D eigenvalue weighted by molar-refractivity contribution is -0.0410. The van der Waals surface area contributed by atoms with E-state index in [1.165, 1.54) is 64.7 Å². The van der Waals surface area contributed by atoms with E-state index in [0.717, 1.165) is 25.3 Å². The fourth-order valence-electron chi connectivity index (χ4n) is 4.41. The van der Waals surface area contributed by atoms with Gasteiger partial charge in [-0.1, -0.05) is 20.3 Å². The highest BCUT2D eigenvalue weighted by Gasteiger charge is 2.38. The second kappa shape index (κ2) is 6.33. The predicted molar refractivity (Wildman–Crippen MR) is 83.0 cm³/mol. The first-order chi connectivity index (χ1) is 9.70. The number of hydrogen-bond donors (Lipinski definition) is 0. The van der Waals surface area contributed by atoms with E-state index in [4.69, 9.17) is 4.74 Å². The van der Waals surface area contributed by atoms with E-state index < -0.39 is 0 Å². The van der Waals surface area contributed by atoms with Gasteiger partial charge in [0.1, 0.15) is 0 Å². The van der Waals surface area contributed by atoms with Crippen LogP contribution in [0.5, 0.6) is 0 Å². The summed E-state index contributed by atoms with van der Waals surface area (Å²) in [7, 11) is 0. The average molecular weight is 280 g/mol.